The Bertz CT molecular complexity index is 292. The Morgan fingerprint density at radius 3 is 1.38 bits per heavy atom. The number of hydrogen-bond donors (Lipinski definition) is 0. The summed E-state index contributed by atoms with van der Waals surface area (Å²) in [6.45, 7) is 14.3. The molecule has 2 bridgehead atoms. The summed E-state index contributed by atoms with van der Waals surface area (Å²) in [4.78, 5) is 2.61. The summed E-state index contributed by atoms with van der Waals surface area (Å²) in [6, 6.07) is 1.44. The van der Waals surface area contributed by atoms with Gasteiger partial charge in [-0.3, -0.25) is 4.90 Å². The van der Waals surface area contributed by atoms with E-state index < -0.39 is 0 Å². The van der Waals surface area contributed by atoms with Gasteiger partial charge in [0, 0.05) is 12.1 Å². The highest BCUT2D eigenvalue weighted by Crippen LogP contribution is 2.52. The number of nitrogens with zero attached hydrogens (tertiary/aromatic N) is 1. The molecule has 0 amide bonds. The van der Waals surface area contributed by atoms with Crippen LogP contribution in [0.1, 0.15) is 54.4 Å². The van der Waals surface area contributed by atoms with Crippen molar-refractivity contribution in [1.29, 1.82) is 0 Å². The third-order valence-corrected chi connectivity index (χ3v) is 4.27. The van der Waals surface area contributed by atoms with E-state index in [1.165, 1.54) is 12.8 Å². The van der Waals surface area contributed by atoms with E-state index in [0.29, 0.717) is 10.8 Å². The average molecular weight is 221 g/mol. The summed E-state index contributed by atoms with van der Waals surface area (Å²) < 4.78 is 0. The van der Waals surface area contributed by atoms with E-state index in [9.17, 15) is 0 Å². The number of fused-ring (bicyclic) bond motifs is 2. The zero-order valence-electron chi connectivity index (χ0n) is 12.0. The molecular formula is C15H27N. The summed E-state index contributed by atoms with van der Waals surface area (Å²) in [6.07, 6.45) is 2.74. The maximum Gasteiger partial charge on any atom is 0.0319 e. The Labute approximate surface area is 101 Å². The van der Waals surface area contributed by atoms with Gasteiger partial charge in [-0.2, -0.15) is 0 Å². The van der Waals surface area contributed by atoms with E-state index in [1.807, 2.05) is 0 Å². The maximum atomic E-state index is 2.61. The molecule has 2 aliphatic heterocycles. The molecule has 2 atom stereocenters. The van der Waals surface area contributed by atoms with E-state index in [0.717, 1.165) is 12.1 Å². The molecule has 0 aromatic heterocycles. The lowest BCUT2D eigenvalue weighted by molar-refractivity contribution is 0.292. The second kappa shape index (κ2) is 3.35. The first-order valence-electron chi connectivity index (χ1n) is 6.61. The number of rotatable bonds is 0. The molecule has 0 N–H and O–H groups in total. The zero-order valence-corrected chi connectivity index (χ0v) is 12.0. The lowest BCUT2D eigenvalue weighted by atomic mass is 9.69. The molecule has 0 saturated carbocycles. The summed E-state index contributed by atoms with van der Waals surface area (Å²) in [7, 11) is 2.31. The molecule has 0 spiro atoms. The lowest BCUT2D eigenvalue weighted by Gasteiger charge is -2.35. The lowest BCUT2D eigenvalue weighted by Crippen LogP contribution is -2.29. The van der Waals surface area contributed by atoms with Crippen LogP contribution in [0, 0.1) is 10.8 Å². The molecule has 2 heterocycles. The fourth-order valence-electron chi connectivity index (χ4n) is 3.80. The predicted molar refractivity (Wildman–Crippen MR) is 70.5 cm³/mol. The predicted octanol–water partition coefficient (Wildman–Crippen LogP) is 3.85. The van der Waals surface area contributed by atoms with Gasteiger partial charge in [0.1, 0.15) is 0 Å². The van der Waals surface area contributed by atoms with Crippen LogP contribution in [0.4, 0.5) is 0 Å². The van der Waals surface area contributed by atoms with E-state index in [2.05, 4.69) is 53.5 Å². The topological polar surface area (TPSA) is 3.24 Å². The minimum absolute atomic E-state index is 0.330. The maximum absolute atomic E-state index is 2.61. The molecule has 1 saturated heterocycles. The Hall–Kier alpha value is -0.300. The second-order valence-corrected chi connectivity index (χ2v) is 7.60. The van der Waals surface area contributed by atoms with Gasteiger partial charge in [-0.15, -0.1) is 0 Å². The van der Waals surface area contributed by atoms with E-state index in [-0.39, 0.29) is 0 Å². The fourth-order valence-corrected chi connectivity index (χ4v) is 3.80. The average Bonchev–Trinajstić information content (AvgIpc) is 2.56. The Balaban J connectivity index is 2.53. The molecule has 0 aliphatic carbocycles. The highest BCUT2D eigenvalue weighted by atomic mass is 15.2. The molecule has 1 nitrogen and oxygen atoms in total. The third-order valence-electron chi connectivity index (χ3n) is 4.27. The highest BCUT2D eigenvalue weighted by Gasteiger charge is 2.49. The third kappa shape index (κ3) is 1.64. The standard InChI is InChI=1S/C15H27N/c1-14(2,3)12-10-8-9-11(16(10)7)13(12)15(4,5)6/h10-11H,8-9H2,1-7H3. The van der Waals surface area contributed by atoms with E-state index in [4.69, 9.17) is 0 Å². The summed E-state index contributed by atoms with van der Waals surface area (Å²) >= 11 is 0. The van der Waals surface area contributed by atoms with Crippen LogP contribution in [0.3, 0.4) is 0 Å². The monoisotopic (exact) mass is 221 g/mol. The highest BCUT2D eigenvalue weighted by molar-refractivity contribution is 5.41. The molecule has 0 aromatic carbocycles. The molecule has 92 valence electrons. The number of likely N-dealkylation sites (N-methyl/N-ethyl adjacent to an activating group) is 1. The van der Waals surface area contributed by atoms with Crippen LogP contribution in [0.2, 0.25) is 0 Å². The first-order valence-corrected chi connectivity index (χ1v) is 6.61. The molecule has 2 aliphatic rings. The van der Waals surface area contributed by atoms with Crippen molar-refractivity contribution in [3.05, 3.63) is 11.1 Å². The molecule has 16 heavy (non-hydrogen) atoms. The normalized spacial score (nSPS) is 31.7. The largest absolute Gasteiger partial charge is 0.293 e. The minimum atomic E-state index is 0.330. The molecule has 1 fully saturated rings. The Morgan fingerprint density at radius 2 is 1.12 bits per heavy atom. The molecule has 2 rings (SSSR count). The molecule has 1 heteroatoms. The first kappa shape index (κ1) is 12.2. The van der Waals surface area contributed by atoms with Gasteiger partial charge >= 0.3 is 0 Å². The van der Waals surface area contributed by atoms with Crippen molar-refractivity contribution in [2.45, 2.75) is 66.5 Å². The van der Waals surface area contributed by atoms with Gasteiger partial charge in [0.2, 0.25) is 0 Å². The van der Waals surface area contributed by atoms with Crippen LogP contribution in [-0.4, -0.2) is 24.0 Å². The quantitative estimate of drug-likeness (QED) is 0.562. The van der Waals surface area contributed by atoms with Crippen molar-refractivity contribution in [3.63, 3.8) is 0 Å². The van der Waals surface area contributed by atoms with Crippen molar-refractivity contribution in [1.82, 2.24) is 4.90 Å². The Morgan fingerprint density at radius 1 is 0.812 bits per heavy atom. The van der Waals surface area contributed by atoms with Gasteiger partial charge in [-0.05, 0) is 41.9 Å². The SMILES string of the molecule is CN1C2CCC1C(C(C)(C)C)=C2C(C)(C)C. The smallest absolute Gasteiger partial charge is 0.0319 e. The molecule has 2 unspecified atom stereocenters. The van der Waals surface area contributed by atoms with Gasteiger partial charge in [-0.1, -0.05) is 41.5 Å². The van der Waals surface area contributed by atoms with Crippen LogP contribution >= 0.6 is 0 Å². The summed E-state index contributed by atoms with van der Waals surface area (Å²) in [5.74, 6) is 0. The molecule has 0 radical (unpaired) electrons. The van der Waals surface area contributed by atoms with Crippen molar-refractivity contribution in [2.24, 2.45) is 10.8 Å². The van der Waals surface area contributed by atoms with Crippen LogP contribution in [0.5, 0.6) is 0 Å². The van der Waals surface area contributed by atoms with Gasteiger partial charge in [-0.25, -0.2) is 0 Å². The van der Waals surface area contributed by atoms with Crippen LogP contribution in [0.15, 0.2) is 11.1 Å². The summed E-state index contributed by atoms with van der Waals surface area (Å²) in [5, 5.41) is 0. The molecular weight excluding hydrogens is 194 g/mol. The van der Waals surface area contributed by atoms with Crippen molar-refractivity contribution in [3.8, 4) is 0 Å². The van der Waals surface area contributed by atoms with Gasteiger partial charge in [0.15, 0.2) is 0 Å². The van der Waals surface area contributed by atoms with Crippen LogP contribution < -0.4 is 0 Å². The zero-order chi connectivity index (χ0) is 12.3. The number of hydrogen-bond acceptors (Lipinski definition) is 1. The van der Waals surface area contributed by atoms with E-state index in [1.54, 1.807) is 11.1 Å². The van der Waals surface area contributed by atoms with Crippen LogP contribution in [0.25, 0.3) is 0 Å². The Kier molecular flexibility index (Phi) is 2.55. The minimum Gasteiger partial charge on any atom is -0.293 e. The van der Waals surface area contributed by atoms with Crippen molar-refractivity contribution in [2.75, 3.05) is 7.05 Å². The van der Waals surface area contributed by atoms with Crippen molar-refractivity contribution < 1.29 is 0 Å². The van der Waals surface area contributed by atoms with Gasteiger partial charge < -0.3 is 0 Å². The van der Waals surface area contributed by atoms with Gasteiger partial charge in [0.05, 0.1) is 0 Å². The van der Waals surface area contributed by atoms with Gasteiger partial charge in [0.25, 0.3) is 0 Å². The van der Waals surface area contributed by atoms with Crippen LogP contribution in [-0.2, 0) is 0 Å². The second-order valence-electron chi connectivity index (χ2n) is 7.60. The molecule has 0 aromatic rings. The fraction of sp³-hybridized carbons (Fsp3) is 0.867. The first-order chi connectivity index (χ1) is 7.14. The van der Waals surface area contributed by atoms with Crippen molar-refractivity contribution >= 4 is 0 Å². The van der Waals surface area contributed by atoms with E-state index >= 15 is 0 Å². The summed E-state index contributed by atoms with van der Waals surface area (Å²) in [5.41, 5.74) is 4.13.